The molecule has 4 nitrogen and oxygen atoms in total. The molecule has 15 rings (SSSR count). The first-order chi connectivity index (χ1) is 40.5. The average molecular weight is 1090 g/mol. The van der Waals surface area contributed by atoms with E-state index in [4.69, 9.17) is 0 Å². The second kappa shape index (κ2) is 19.1. The van der Waals surface area contributed by atoms with E-state index in [0.29, 0.717) is 0 Å². The van der Waals surface area contributed by atoms with E-state index in [1.807, 2.05) is 12.4 Å². The zero-order valence-corrected chi connectivity index (χ0v) is 50.4. The molecule has 0 saturated heterocycles. The van der Waals surface area contributed by atoms with E-state index in [-0.39, 0.29) is 33.9 Å². The topological polar surface area (TPSA) is 22.6 Å². The van der Waals surface area contributed by atoms with Gasteiger partial charge >= 0.3 is 0 Å². The lowest BCUT2D eigenvalue weighted by Crippen LogP contribution is -2.62. The molecular formula is C79H75BN4. The van der Waals surface area contributed by atoms with Gasteiger partial charge in [0.1, 0.15) is 0 Å². The van der Waals surface area contributed by atoms with E-state index >= 15 is 0 Å². The zero-order valence-electron chi connectivity index (χ0n) is 50.4. The lowest BCUT2D eigenvalue weighted by molar-refractivity contribution is 0.195. The van der Waals surface area contributed by atoms with Crippen LogP contribution in [0.3, 0.4) is 0 Å². The van der Waals surface area contributed by atoms with Crippen molar-refractivity contribution in [2.75, 3.05) is 14.7 Å². The minimum absolute atomic E-state index is 0.0116. The van der Waals surface area contributed by atoms with Gasteiger partial charge in [0, 0.05) is 63.2 Å². The molecule has 2 atom stereocenters. The van der Waals surface area contributed by atoms with Crippen molar-refractivity contribution in [2.45, 2.75) is 128 Å². The van der Waals surface area contributed by atoms with Crippen LogP contribution < -0.4 is 31.1 Å². The van der Waals surface area contributed by atoms with Crippen LogP contribution in [0, 0.1) is 0 Å². The Morgan fingerprint density at radius 3 is 1.63 bits per heavy atom. The zero-order chi connectivity index (χ0) is 57.5. The SMILES string of the molecule is CC(C)(C)c1ccc(N2c3cc4c(cc3B3c5ccc(-c6ccccc6)cc5N(c5cccc(-c6ccccc6)c5)c5cc(N6c7ccc(-c8ccncc8)cc7C7(C)CCCCC67C)cc2c53)C(C)(C)CCC4(C)C)c(-c2ccccc2)c1. The van der Waals surface area contributed by atoms with E-state index in [2.05, 4.69) is 288 Å². The minimum atomic E-state index is -0.231. The Kier molecular flexibility index (Phi) is 11.9. The molecule has 10 aromatic rings. The third-order valence-corrected chi connectivity index (χ3v) is 20.9. The molecular weight excluding hydrogens is 1020 g/mol. The Labute approximate surface area is 499 Å². The third kappa shape index (κ3) is 8.04. The highest BCUT2D eigenvalue weighted by molar-refractivity contribution is 7.00. The maximum atomic E-state index is 4.43. The number of benzene rings is 9. The molecule has 0 spiro atoms. The van der Waals surface area contributed by atoms with Crippen LogP contribution in [0.2, 0.25) is 0 Å². The van der Waals surface area contributed by atoms with Gasteiger partial charge in [0.25, 0.3) is 6.71 Å². The van der Waals surface area contributed by atoms with Crippen molar-refractivity contribution in [2.24, 2.45) is 0 Å². The summed E-state index contributed by atoms with van der Waals surface area (Å²) in [5.41, 5.74) is 28.8. The molecule has 0 amide bonds. The molecule has 2 unspecified atom stereocenters. The van der Waals surface area contributed by atoms with Crippen LogP contribution in [0.25, 0.3) is 44.5 Å². The maximum Gasteiger partial charge on any atom is 0.252 e. The van der Waals surface area contributed by atoms with Crippen LogP contribution in [0.5, 0.6) is 0 Å². The van der Waals surface area contributed by atoms with Crippen LogP contribution in [-0.4, -0.2) is 17.2 Å². The van der Waals surface area contributed by atoms with Crippen LogP contribution in [0.15, 0.2) is 219 Å². The monoisotopic (exact) mass is 1090 g/mol. The van der Waals surface area contributed by atoms with Crippen molar-refractivity contribution in [1.29, 1.82) is 0 Å². The third-order valence-electron chi connectivity index (χ3n) is 20.9. The van der Waals surface area contributed by atoms with E-state index in [0.717, 1.165) is 31.4 Å². The lowest BCUT2D eigenvalue weighted by atomic mass is 9.33. The summed E-state index contributed by atoms with van der Waals surface area (Å²) in [6.07, 6.45) is 10.7. The largest absolute Gasteiger partial charge is 0.334 e. The Balaban J connectivity index is 1.09. The number of hydrogen-bond donors (Lipinski definition) is 0. The van der Waals surface area contributed by atoms with Gasteiger partial charge in [-0.1, -0.05) is 202 Å². The van der Waals surface area contributed by atoms with Gasteiger partial charge < -0.3 is 14.7 Å². The molecule has 1 aromatic heterocycles. The summed E-state index contributed by atoms with van der Waals surface area (Å²) >= 11 is 0. The van der Waals surface area contributed by atoms with E-state index in [9.17, 15) is 0 Å². The maximum absolute atomic E-state index is 4.43. The average Bonchev–Trinajstić information content (AvgIpc) is 1.26. The first-order valence-electron chi connectivity index (χ1n) is 30.9. The predicted molar refractivity (Wildman–Crippen MR) is 357 cm³/mol. The molecule has 1 saturated carbocycles. The first kappa shape index (κ1) is 52.4. The first-order valence-corrected chi connectivity index (χ1v) is 30.9. The Morgan fingerprint density at radius 2 is 0.952 bits per heavy atom. The fourth-order valence-corrected chi connectivity index (χ4v) is 15.9. The molecule has 9 aromatic carbocycles. The second-order valence-electron chi connectivity index (χ2n) is 27.7. The molecule has 4 heterocycles. The van der Waals surface area contributed by atoms with E-state index in [1.54, 1.807) is 0 Å². The molecule has 3 aliphatic heterocycles. The normalized spacial score (nSPS) is 19.6. The number of fused-ring (bicyclic) bond motifs is 8. The van der Waals surface area contributed by atoms with Crippen LogP contribution in [0.1, 0.15) is 123 Å². The highest BCUT2D eigenvalue weighted by Gasteiger charge is 2.58. The lowest BCUT2D eigenvalue weighted by Gasteiger charge is -2.51. The van der Waals surface area contributed by atoms with Crippen molar-refractivity contribution >= 4 is 68.6 Å². The molecule has 84 heavy (non-hydrogen) atoms. The van der Waals surface area contributed by atoms with Crippen LogP contribution >= 0.6 is 0 Å². The number of pyridine rings is 1. The van der Waals surface area contributed by atoms with E-state index in [1.165, 1.54) is 136 Å². The molecule has 5 heteroatoms. The fraction of sp³-hybridized carbons (Fsp3) is 0.253. The van der Waals surface area contributed by atoms with Crippen molar-refractivity contribution in [1.82, 2.24) is 4.98 Å². The van der Waals surface area contributed by atoms with Crippen molar-refractivity contribution in [3.8, 4) is 44.5 Å². The fourth-order valence-electron chi connectivity index (χ4n) is 15.9. The number of rotatable bonds is 7. The van der Waals surface area contributed by atoms with Gasteiger partial charge in [0.2, 0.25) is 0 Å². The van der Waals surface area contributed by atoms with Crippen LogP contribution in [-0.2, 0) is 21.7 Å². The molecule has 0 bridgehead atoms. The Morgan fingerprint density at radius 1 is 0.393 bits per heavy atom. The summed E-state index contributed by atoms with van der Waals surface area (Å²) in [7, 11) is 0. The summed E-state index contributed by atoms with van der Waals surface area (Å²) in [5.74, 6) is 0. The molecule has 0 radical (unpaired) electrons. The van der Waals surface area contributed by atoms with Gasteiger partial charge in [-0.25, -0.2) is 0 Å². The Hall–Kier alpha value is -8.41. The molecule has 1 fully saturated rings. The Bertz CT molecular complexity index is 4240. The van der Waals surface area contributed by atoms with Gasteiger partial charge in [-0.05, 0) is 199 Å². The van der Waals surface area contributed by atoms with Gasteiger partial charge in [0.15, 0.2) is 0 Å². The smallest absolute Gasteiger partial charge is 0.252 e. The summed E-state index contributed by atoms with van der Waals surface area (Å²) in [5, 5.41) is 0. The molecule has 5 aliphatic rings. The van der Waals surface area contributed by atoms with Crippen molar-refractivity contribution in [3.63, 3.8) is 0 Å². The number of hydrogen-bond acceptors (Lipinski definition) is 4. The minimum Gasteiger partial charge on any atom is -0.334 e. The van der Waals surface area contributed by atoms with Crippen LogP contribution in [0.4, 0.5) is 45.5 Å². The summed E-state index contributed by atoms with van der Waals surface area (Å²) in [6.45, 7) is 22.1. The highest BCUT2D eigenvalue weighted by Crippen LogP contribution is 2.63. The van der Waals surface area contributed by atoms with E-state index < -0.39 is 0 Å². The quantitative estimate of drug-likeness (QED) is 0.148. The standard InChI is InChI=1S/C79H75BN4/c1-75(2,3)59-32-35-68(62(47-59)55-26-17-12-18-27-55)83-71-51-64-63(76(4,5)40-41-77(64,6)7)50-67(71)80-66-33-30-58(53-24-15-11-16-25-53)46-70(66)82(60-29-21-28-56(44-60)52-22-13-10-14-23-52)72-48-61(49-73(83)74(72)80)84-69-34-31-57(54-36-42-81-43-37-54)45-65(69)78(8)38-19-20-39-79(78,84)9/h10-18,21-37,42-51H,19-20,38-41H2,1-9H3. The van der Waals surface area contributed by atoms with Gasteiger partial charge in [0.05, 0.1) is 11.2 Å². The summed E-state index contributed by atoms with van der Waals surface area (Å²) in [4.78, 5) is 12.7. The van der Waals surface area contributed by atoms with Gasteiger partial charge in [-0.2, -0.15) is 0 Å². The molecule has 0 N–H and O–H groups in total. The summed E-state index contributed by atoms with van der Waals surface area (Å²) in [6, 6.07) is 79.6. The van der Waals surface area contributed by atoms with Gasteiger partial charge in [-0.3, -0.25) is 4.98 Å². The molecule has 2 aliphatic carbocycles. The number of nitrogens with zero attached hydrogens (tertiary/aromatic N) is 4. The second-order valence-corrected chi connectivity index (χ2v) is 27.7. The predicted octanol–water partition coefficient (Wildman–Crippen LogP) is 19.2. The highest BCUT2D eigenvalue weighted by atomic mass is 15.3. The summed E-state index contributed by atoms with van der Waals surface area (Å²) < 4.78 is 0. The number of anilines is 8. The molecule has 414 valence electrons. The van der Waals surface area contributed by atoms with Gasteiger partial charge in [-0.15, -0.1) is 0 Å². The van der Waals surface area contributed by atoms with Crippen molar-refractivity contribution < 1.29 is 0 Å². The van der Waals surface area contributed by atoms with Crippen molar-refractivity contribution in [3.05, 3.63) is 241 Å². The number of aromatic nitrogens is 1.